The van der Waals surface area contributed by atoms with E-state index in [4.69, 9.17) is 23.7 Å². The maximum absolute atomic E-state index is 11.5. The van der Waals surface area contributed by atoms with E-state index in [9.17, 15) is 50.8 Å². The topological polar surface area (TPSA) is 245 Å². The van der Waals surface area contributed by atoms with E-state index in [1.165, 1.54) is 6.92 Å². The Bertz CT molecular complexity index is 741. The van der Waals surface area contributed by atoms with Gasteiger partial charge in [0.2, 0.25) is 0 Å². The SMILES string of the molecule is CCC1C(O)C(OCC2C(O)OC(CO)C(O)C2COC2OC(C)C(O)C(O)C2O)OC(C(=O)O)C1O. The van der Waals surface area contributed by atoms with Crippen LogP contribution >= 0.6 is 0 Å². The van der Waals surface area contributed by atoms with Crippen LogP contribution in [0.5, 0.6) is 0 Å². The number of ether oxygens (including phenoxy) is 5. The van der Waals surface area contributed by atoms with Gasteiger partial charge in [0.15, 0.2) is 25.0 Å². The van der Waals surface area contributed by atoms with Crippen LogP contribution in [0.15, 0.2) is 0 Å². The molecule has 0 aromatic carbocycles. The third kappa shape index (κ3) is 6.41. The second-order valence-electron chi connectivity index (χ2n) is 9.73. The summed E-state index contributed by atoms with van der Waals surface area (Å²) in [4.78, 5) is 11.5. The Morgan fingerprint density at radius 2 is 1.32 bits per heavy atom. The van der Waals surface area contributed by atoms with Crippen molar-refractivity contribution in [2.24, 2.45) is 17.8 Å². The molecule has 3 aliphatic heterocycles. The molecular formula is C22H38O15. The number of rotatable bonds is 9. The molecule has 15 heteroatoms. The Labute approximate surface area is 212 Å². The fourth-order valence-electron chi connectivity index (χ4n) is 5.00. The molecule has 37 heavy (non-hydrogen) atoms. The molecule has 3 fully saturated rings. The predicted octanol–water partition coefficient (Wildman–Crippen LogP) is -4.29. The molecule has 0 amide bonds. The summed E-state index contributed by atoms with van der Waals surface area (Å²) in [5.74, 6) is -4.38. The van der Waals surface area contributed by atoms with E-state index >= 15 is 0 Å². The summed E-state index contributed by atoms with van der Waals surface area (Å²) in [6.07, 6.45) is -16.8. The highest BCUT2D eigenvalue weighted by Gasteiger charge is 2.50. The largest absolute Gasteiger partial charge is 0.479 e. The summed E-state index contributed by atoms with van der Waals surface area (Å²) < 4.78 is 27.1. The highest BCUT2D eigenvalue weighted by Crippen LogP contribution is 2.35. The number of carbonyl (C=O) groups is 1. The van der Waals surface area contributed by atoms with E-state index in [0.717, 1.165) is 0 Å². The molecule has 0 radical (unpaired) electrons. The molecule has 15 atom stereocenters. The van der Waals surface area contributed by atoms with E-state index in [2.05, 4.69) is 0 Å². The van der Waals surface area contributed by atoms with Gasteiger partial charge in [0.25, 0.3) is 0 Å². The first kappa shape index (κ1) is 30.5. The molecule has 15 unspecified atom stereocenters. The van der Waals surface area contributed by atoms with Crippen LogP contribution < -0.4 is 0 Å². The maximum Gasteiger partial charge on any atom is 0.335 e. The maximum atomic E-state index is 11.5. The van der Waals surface area contributed by atoms with Crippen LogP contribution in [0.3, 0.4) is 0 Å². The number of aliphatic hydroxyl groups is 8. The molecule has 0 aliphatic carbocycles. The quantitative estimate of drug-likeness (QED) is 0.134. The second-order valence-corrected chi connectivity index (χ2v) is 9.73. The standard InChI is InChI=1S/C22H38O15/c1-3-8-14(26)18(19(30)31)37-21(15(8)27)34-6-10-9(13(25)11(4-23)36-20(10)32)5-33-22-17(29)16(28)12(24)7(2)35-22/h7-18,20-29,32H,3-6H2,1-2H3,(H,30,31). The van der Waals surface area contributed by atoms with Gasteiger partial charge >= 0.3 is 5.97 Å². The molecule has 0 bridgehead atoms. The molecule has 15 nitrogen and oxygen atoms in total. The monoisotopic (exact) mass is 542 g/mol. The molecule has 3 saturated heterocycles. The van der Waals surface area contributed by atoms with Crippen molar-refractivity contribution in [3.63, 3.8) is 0 Å². The molecule has 0 spiro atoms. The minimum atomic E-state index is -1.66. The van der Waals surface area contributed by atoms with Gasteiger partial charge in [-0.15, -0.1) is 0 Å². The highest BCUT2D eigenvalue weighted by molar-refractivity contribution is 5.73. The summed E-state index contributed by atoms with van der Waals surface area (Å²) >= 11 is 0. The number of carboxylic acids is 1. The van der Waals surface area contributed by atoms with E-state index in [0.29, 0.717) is 0 Å². The molecule has 9 N–H and O–H groups in total. The zero-order valence-electron chi connectivity index (χ0n) is 20.5. The van der Waals surface area contributed by atoms with Crippen LogP contribution in [0.4, 0.5) is 0 Å². The first-order valence-corrected chi connectivity index (χ1v) is 12.2. The van der Waals surface area contributed by atoms with E-state index in [1.807, 2.05) is 0 Å². The lowest BCUT2D eigenvalue weighted by atomic mass is 9.82. The lowest BCUT2D eigenvalue weighted by molar-refractivity contribution is -0.321. The van der Waals surface area contributed by atoms with Gasteiger partial charge in [0.05, 0.1) is 38.1 Å². The number of hydrogen-bond donors (Lipinski definition) is 9. The van der Waals surface area contributed by atoms with Crippen LogP contribution in [0, 0.1) is 17.8 Å². The number of hydrogen-bond acceptors (Lipinski definition) is 14. The lowest BCUT2D eigenvalue weighted by Crippen LogP contribution is -2.60. The summed E-state index contributed by atoms with van der Waals surface area (Å²) in [6, 6.07) is 0. The zero-order valence-corrected chi connectivity index (χ0v) is 20.5. The van der Waals surface area contributed by atoms with Crippen molar-refractivity contribution in [1.29, 1.82) is 0 Å². The minimum absolute atomic E-state index is 0.223. The normalized spacial score (nSPS) is 49.1. The smallest absolute Gasteiger partial charge is 0.335 e. The average molecular weight is 543 g/mol. The van der Waals surface area contributed by atoms with Gasteiger partial charge < -0.3 is 69.6 Å². The lowest BCUT2D eigenvalue weighted by Gasteiger charge is -2.45. The van der Waals surface area contributed by atoms with Gasteiger partial charge in [-0.25, -0.2) is 4.79 Å². The molecule has 0 saturated carbocycles. The van der Waals surface area contributed by atoms with Gasteiger partial charge in [-0.3, -0.25) is 0 Å². The first-order chi connectivity index (χ1) is 17.4. The molecular weight excluding hydrogens is 504 g/mol. The fraction of sp³-hybridized carbons (Fsp3) is 0.955. The summed E-state index contributed by atoms with van der Waals surface area (Å²) in [6.45, 7) is 1.65. The van der Waals surface area contributed by atoms with Crippen molar-refractivity contribution in [3.05, 3.63) is 0 Å². The summed E-state index contributed by atoms with van der Waals surface area (Å²) in [5, 5.41) is 91.1. The second kappa shape index (κ2) is 12.9. The van der Waals surface area contributed by atoms with Crippen molar-refractivity contribution >= 4 is 5.97 Å². The zero-order chi connectivity index (χ0) is 27.6. The number of carboxylic acid groups (broad SMARTS) is 1. The number of aliphatic carboxylic acids is 1. The first-order valence-electron chi connectivity index (χ1n) is 12.2. The van der Waals surface area contributed by atoms with Crippen molar-refractivity contribution in [3.8, 4) is 0 Å². The summed E-state index contributed by atoms with van der Waals surface area (Å²) in [7, 11) is 0. The molecule has 216 valence electrons. The van der Waals surface area contributed by atoms with Crippen LogP contribution in [0.25, 0.3) is 0 Å². The van der Waals surface area contributed by atoms with E-state index < -0.39 is 111 Å². The van der Waals surface area contributed by atoms with Gasteiger partial charge in [-0.1, -0.05) is 6.92 Å². The highest BCUT2D eigenvalue weighted by atomic mass is 16.7. The summed E-state index contributed by atoms with van der Waals surface area (Å²) in [5.41, 5.74) is 0. The Kier molecular flexibility index (Phi) is 10.6. The van der Waals surface area contributed by atoms with Crippen LogP contribution in [0.2, 0.25) is 0 Å². The Hall–Kier alpha value is -1.05. The van der Waals surface area contributed by atoms with Crippen LogP contribution in [-0.4, -0.2) is 146 Å². The van der Waals surface area contributed by atoms with Crippen LogP contribution in [-0.2, 0) is 28.5 Å². The molecule has 3 aliphatic rings. The molecule has 0 aromatic rings. The van der Waals surface area contributed by atoms with Crippen molar-refractivity contribution in [2.75, 3.05) is 19.8 Å². The third-order valence-corrected chi connectivity index (χ3v) is 7.41. The predicted molar refractivity (Wildman–Crippen MR) is 117 cm³/mol. The van der Waals surface area contributed by atoms with Gasteiger partial charge in [0, 0.05) is 17.8 Å². The van der Waals surface area contributed by atoms with Gasteiger partial charge in [0.1, 0.15) is 30.5 Å². The van der Waals surface area contributed by atoms with Crippen molar-refractivity contribution in [1.82, 2.24) is 0 Å². The average Bonchev–Trinajstić information content (AvgIpc) is 2.86. The van der Waals surface area contributed by atoms with Gasteiger partial charge in [-0.05, 0) is 13.3 Å². The number of aliphatic hydroxyl groups excluding tert-OH is 8. The molecule has 3 heterocycles. The molecule has 0 aromatic heterocycles. The minimum Gasteiger partial charge on any atom is -0.479 e. The van der Waals surface area contributed by atoms with Crippen molar-refractivity contribution in [2.45, 2.75) is 94.1 Å². The van der Waals surface area contributed by atoms with Crippen LogP contribution in [0.1, 0.15) is 20.3 Å². The van der Waals surface area contributed by atoms with Gasteiger partial charge in [-0.2, -0.15) is 0 Å². The Balaban J connectivity index is 1.72. The van der Waals surface area contributed by atoms with E-state index in [1.54, 1.807) is 6.92 Å². The van der Waals surface area contributed by atoms with Crippen molar-refractivity contribution < 1.29 is 74.4 Å². The van der Waals surface area contributed by atoms with E-state index in [-0.39, 0.29) is 13.0 Å². The fourth-order valence-corrected chi connectivity index (χ4v) is 5.00. The molecule has 3 rings (SSSR count). The Morgan fingerprint density at radius 3 is 1.89 bits per heavy atom. The third-order valence-electron chi connectivity index (χ3n) is 7.41. The Morgan fingerprint density at radius 1 is 0.730 bits per heavy atom.